The third-order valence-electron chi connectivity index (χ3n) is 4.28. The maximum absolute atomic E-state index is 11.6. The maximum atomic E-state index is 11.6. The largest absolute Gasteiger partial charge is 0.381 e. The van der Waals surface area contributed by atoms with Crippen molar-refractivity contribution < 1.29 is 9.53 Å². The predicted octanol–water partition coefficient (Wildman–Crippen LogP) is 2.09. The summed E-state index contributed by atoms with van der Waals surface area (Å²) in [5.74, 6) is 0.484. The monoisotopic (exact) mass is 275 g/mol. The second-order valence-corrected chi connectivity index (χ2v) is 5.68. The Bertz CT molecular complexity index is 512. The fraction of sp³-hybridized carbons (Fsp3) is 0.533. The van der Waals surface area contributed by atoms with Gasteiger partial charge in [-0.25, -0.2) is 4.79 Å². The molecule has 3 N–H and O–H groups in total. The highest BCUT2D eigenvalue weighted by molar-refractivity contribution is 5.92. The number of urea groups is 1. The van der Waals surface area contributed by atoms with E-state index in [0.29, 0.717) is 12.5 Å². The molecule has 1 aromatic carbocycles. The van der Waals surface area contributed by atoms with E-state index in [0.717, 1.165) is 42.9 Å². The molecule has 2 amide bonds. The lowest BCUT2D eigenvalue weighted by atomic mass is 9.87. The van der Waals surface area contributed by atoms with Crippen molar-refractivity contribution >= 4 is 11.7 Å². The number of hydrogen-bond donors (Lipinski definition) is 2. The summed E-state index contributed by atoms with van der Waals surface area (Å²) < 4.78 is 5.39. The van der Waals surface area contributed by atoms with E-state index in [-0.39, 0.29) is 12.1 Å². The third kappa shape index (κ3) is 2.51. The van der Waals surface area contributed by atoms with Crippen molar-refractivity contribution in [2.75, 3.05) is 25.6 Å². The van der Waals surface area contributed by atoms with Crippen LogP contribution in [0.25, 0.3) is 0 Å². The van der Waals surface area contributed by atoms with Gasteiger partial charge in [-0.05, 0) is 36.0 Å². The van der Waals surface area contributed by atoms with E-state index in [1.807, 2.05) is 12.1 Å². The highest BCUT2D eigenvalue weighted by Gasteiger charge is 2.24. The molecule has 0 aromatic heterocycles. The molecular weight excluding hydrogens is 254 g/mol. The van der Waals surface area contributed by atoms with Gasteiger partial charge in [0.1, 0.15) is 0 Å². The van der Waals surface area contributed by atoms with E-state index < -0.39 is 0 Å². The zero-order chi connectivity index (χ0) is 14.1. The lowest BCUT2D eigenvalue weighted by Crippen LogP contribution is -2.35. The number of nitrogens with two attached hydrogens (primary N) is 1. The van der Waals surface area contributed by atoms with Gasteiger partial charge in [-0.15, -0.1) is 0 Å². The Balaban J connectivity index is 1.81. The van der Waals surface area contributed by atoms with Crippen LogP contribution in [-0.4, -0.2) is 31.2 Å². The molecule has 0 radical (unpaired) electrons. The molecule has 3 rings (SSSR count). The molecule has 1 saturated heterocycles. The smallest absolute Gasteiger partial charge is 0.321 e. The first kappa shape index (κ1) is 13.4. The first-order valence-corrected chi connectivity index (χ1v) is 7.13. The molecule has 1 fully saturated rings. The number of benzene rings is 1. The molecule has 108 valence electrons. The molecule has 1 atom stereocenters. The van der Waals surface area contributed by atoms with Crippen LogP contribution in [-0.2, 0) is 11.3 Å². The van der Waals surface area contributed by atoms with Crippen LogP contribution in [0, 0.1) is 5.92 Å². The second-order valence-electron chi connectivity index (χ2n) is 5.68. The Morgan fingerprint density at radius 3 is 2.90 bits per heavy atom. The number of nitrogens with zero attached hydrogens (tertiary/aromatic N) is 1. The highest BCUT2D eigenvalue weighted by atomic mass is 16.5. The number of nitrogens with one attached hydrogen (secondary N) is 1. The molecule has 0 spiro atoms. The summed E-state index contributed by atoms with van der Waals surface area (Å²) >= 11 is 0. The number of ether oxygens (including phenoxy) is 1. The Morgan fingerprint density at radius 2 is 2.15 bits per heavy atom. The molecule has 0 bridgehead atoms. The van der Waals surface area contributed by atoms with Gasteiger partial charge in [0.15, 0.2) is 0 Å². The van der Waals surface area contributed by atoms with E-state index in [4.69, 9.17) is 10.5 Å². The minimum absolute atomic E-state index is 0.0483. The van der Waals surface area contributed by atoms with Crippen LogP contribution >= 0.6 is 0 Å². The van der Waals surface area contributed by atoms with Crippen molar-refractivity contribution in [3.8, 4) is 0 Å². The van der Waals surface area contributed by atoms with Crippen LogP contribution in [0.2, 0.25) is 0 Å². The van der Waals surface area contributed by atoms with Crippen molar-refractivity contribution in [1.29, 1.82) is 0 Å². The topological polar surface area (TPSA) is 67.6 Å². The van der Waals surface area contributed by atoms with Crippen molar-refractivity contribution in [3.05, 3.63) is 29.3 Å². The summed E-state index contributed by atoms with van der Waals surface area (Å²) in [5.41, 5.74) is 9.59. The molecule has 2 aliphatic rings. The summed E-state index contributed by atoms with van der Waals surface area (Å²) in [6.45, 7) is 2.25. The molecular formula is C15H21N3O2. The van der Waals surface area contributed by atoms with E-state index >= 15 is 0 Å². The minimum Gasteiger partial charge on any atom is -0.381 e. The van der Waals surface area contributed by atoms with Crippen LogP contribution in [0.4, 0.5) is 10.5 Å². The summed E-state index contributed by atoms with van der Waals surface area (Å²) in [4.78, 5) is 13.3. The summed E-state index contributed by atoms with van der Waals surface area (Å²) in [6.07, 6.45) is 2.05. The van der Waals surface area contributed by atoms with Crippen molar-refractivity contribution in [1.82, 2.24) is 4.90 Å². The minimum atomic E-state index is -0.0565. The van der Waals surface area contributed by atoms with Crippen LogP contribution in [0.1, 0.15) is 30.0 Å². The number of carbonyl (C=O) groups excluding carboxylic acids is 1. The molecule has 1 unspecified atom stereocenters. The number of amides is 2. The lowest BCUT2D eigenvalue weighted by Gasteiger charge is -2.30. The molecule has 5 nitrogen and oxygen atoms in total. The molecule has 0 aliphatic carbocycles. The van der Waals surface area contributed by atoms with Gasteiger partial charge in [0.05, 0.1) is 0 Å². The van der Waals surface area contributed by atoms with Crippen molar-refractivity contribution in [3.63, 3.8) is 0 Å². The van der Waals surface area contributed by atoms with Crippen molar-refractivity contribution in [2.45, 2.75) is 25.4 Å². The van der Waals surface area contributed by atoms with Crippen molar-refractivity contribution in [2.24, 2.45) is 11.7 Å². The number of hydrogen-bond acceptors (Lipinski definition) is 3. The normalized spacial score (nSPS) is 21.3. The number of anilines is 1. The van der Waals surface area contributed by atoms with Gasteiger partial charge in [-0.2, -0.15) is 0 Å². The lowest BCUT2D eigenvalue weighted by molar-refractivity contribution is 0.0583. The first-order valence-electron chi connectivity index (χ1n) is 7.13. The maximum Gasteiger partial charge on any atom is 0.321 e. The number of rotatable bonds is 2. The zero-order valence-electron chi connectivity index (χ0n) is 11.8. The van der Waals surface area contributed by atoms with E-state index in [1.165, 1.54) is 0 Å². The fourth-order valence-corrected chi connectivity index (χ4v) is 2.96. The van der Waals surface area contributed by atoms with Crippen LogP contribution < -0.4 is 11.1 Å². The average molecular weight is 275 g/mol. The van der Waals surface area contributed by atoms with Crippen LogP contribution in [0.3, 0.4) is 0 Å². The van der Waals surface area contributed by atoms with Gasteiger partial charge >= 0.3 is 6.03 Å². The molecule has 5 heteroatoms. The Labute approximate surface area is 119 Å². The highest BCUT2D eigenvalue weighted by Crippen LogP contribution is 2.31. The number of fused-ring (bicyclic) bond motifs is 1. The summed E-state index contributed by atoms with van der Waals surface area (Å²) in [5, 5.41) is 2.88. The SMILES string of the molecule is CN1Cc2cc(C(N)C3CCOCC3)ccc2NC1=O. The van der Waals surface area contributed by atoms with Gasteiger partial charge in [-0.1, -0.05) is 12.1 Å². The third-order valence-corrected chi connectivity index (χ3v) is 4.28. The average Bonchev–Trinajstić information content (AvgIpc) is 2.48. The first-order chi connectivity index (χ1) is 9.65. The number of carbonyl (C=O) groups is 1. The van der Waals surface area contributed by atoms with Gasteiger partial charge in [0, 0.05) is 38.5 Å². The molecule has 20 heavy (non-hydrogen) atoms. The van der Waals surface area contributed by atoms with E-state index in [2.05, 4.69) is 11.4 Å². The quantitative estimate of drug-likeness (QED) is 0.868. The van der Waals surface area contributed by atoms with E-state index in [1.54, 1.807) is 11.9 Å². The standard InChI is InChI=1S/C15H21N3O2/c1-18-9-12-8-11(2-3-13(12)17-15(18)19)14(16)10-4-6-20-7-5-10/h2-3,8,10,14H,4-7,9,16H2,1H3,(H,17,19). The van der Waals surface area contributed by atoms with Gasteiger partial charge in [0.2, 0.25) is 0 Å². The Kier molecular flexibility index (Phi) is 3.63. The molecule has 2 aliphatic heterocycles. The van der Waals surface area contributed by atoms with Gasteiger partial charge in [0.25, 0.3) is 0 Å². The fourth-order valence-electron chi connectivity index (χ4n) is 2.96. The molecule has 1 aromatic rings. The van der Waals surface area contributed by atoms with Gasteiger partial charge < -0.3 is 20.7 Å². The second kappa shape index (κ2) is 5.42. The molecule has 2 heterocycles. The van der Waals surface area contributed by atoms with Crippen LogP contribution in [0.5, 0.6) is 0 Å². The van der Waals surface area contributed by atoms with Crippen LogP contribution in [0.15, 0.2) is 18.2 Å². The Morgan fingerprint density at radius 1 is 1.40 bits per heavy atom. The summed E-state index contributed by atoms with van der Waals surface area (Å²) in [6, 6.07) is 6.12. The van der Waals surface area contributed by atoms with Gasteiger partial charge in [-0.3, -0.25) is 0 Å². The van der Waals surface area contributed by atoms with E-state index in [9.17, 15) is 4.79 Å². The zero-order valence-corrected chi connectivity index (χ0v) is 11.8. The Hall–Kier alpha value is -1.59. The summed E-state index contributed by atoms with van der Waals surface area (Å²) in [7, 11) is 1.79. The predicted molar refractivity (Wildman–Crippen MR) is 77.4 cm³/mol. The molecule has 0 saturated carbocycles.